The number of hydrogen-bond acceptors (Lipinski definition) is 6. The molecule has 1 aromatic rings. The average Bonchev–Trinajstić information content (AvgIpc) is 2.67. The summed E-state index contributed by atoms with van der Waals surface area (Å²) in [7, 11) is 1.54. The molecule has 0 fully saturated rings. The minimum absolute atomic E-state index is 0.214. The summed E-state index contributed by atoms with van der Waals surface area (Å²) in [5.74, 6) is 1.11. The zero-order valence-electron chi connectivity index (χ0n) is 17.2. The number of carbonyl (C=O) groups is 2. The Bertz CT molecular complexity index is 588. The van der Waals surface area contributed by atoms with E-state index < -0.39 is 18.4 Å². The quantitative estimate of drug-likeness (QED) is 0.407. The van der Waals surface area contributed by atoms with Crippen molar-refractivity contribution in [2.24, 2.45) is 0 Å². The van der Waals surface area contributed by atoms with Gasteiger partial charge in [0.2, 0.25) is 0 Å². The van der Waals surface area contributed by atoms with E-state index in [0.29, 0.717) is 23.7 Å². The van der Waals surface area contributed by atoms with Crippen LogP contribution in [0, 0.1) is 0 Å². The second kappa shape index (κ2) is 13.5. The molecule has 2 N–H and O–H groups in total. The molecule has 8 heteroatoms. The summed E-state index contributed by atoms with van der Waals surface area (Å²) in [5, 5.41) is 5.18. The third-order valence-corrected chi connectivity index (χ3v) is 3.85. The minimum Gasteiger partial charge on any atom is -0.493 e. The van der Waals surface area contributed by atoms with E-state index in [-0.39, 0.29) is 13.2 Å². The molecule has 0 heterocycles. The van der Waals surface area contributed by atoms with Crippen molar-refractivity contribution in [1.82, 2.24) is 10.6 Å². The molecular formula is C20H32N2O6. The highest BCUT2D eigenvalue weighted by Crippen LogP contribution is 2.30. The fraction of sp³-hybridized carbons (Fsp3) is 0.600. The summed E-state index contributed by atoms with van der Waals surface area (Å²) < 4.78 is 21.0. The molecule has 0 bridgehead atoms. The predicted octanol–water partition coefficient (Wildman–Crippen LogP) is 4.15. The van der Waals surface area contributed by atoms with E-state index >= 15 is 0 Å². The zero-order chi connectivity index (χ0) is 20.8. The minimum atomic E-state index is -0.842. The number of ether oxygens (including phenoxy) is 4. The summed E-state index contributed by atoms with van der Waals surface area (Å²) in [6.45, 7) is 6.58. The molecule has 0 spiro atoms. The van der Waals surface area contributed by atoms with Gasteiger partial charge in [-0.05, 0) is 38.0 Å². The third-order valence-electron chi connectivity index (χ3n) is 3.85. The number of hydrogen-bond donors (Lipinski definition) is 2. The Morgan fingerprint density at radius 3 is 2.11 bits per heavy atom. The normalized spacial score (nSPS) is 10.3. The molecule has 0 unspecified atom stereocenters. The maximum absolute atomic E-state index is 11.8. The molecular weight excluding hydrogens is 364 g/mol. The number of rotatable bonds is 12. The van der Waals surface area contributed by atoms with Crippen molar-refractivity contribution < 1.29 is 28.5 Å². The summed E-state index contributed by atoms with van der Waals surface area (Å²) in [6.07, 6.45) is 2.28. The molecule has 0 aromatic heterocycles. The van der Waals surface area contributed by atoms with Crippen molar-refractivity contribution in [3.05, 3.63) is 23.8 Å². The van der Waals surface area contributed by atoms with Crippen molar-refractivity contribution >= 4 is 12.2 Å². The van der Waals surface area contributed by atoms with Crippen molar-refractivity contribution in [3.63, 3.8) is 0 Å². The molecule has 0 radical (unpaired) electrons. The number of methoxy groups -OCH3 is 1. The van der Waals surface area contributed by atoms with Crippen molar-refractivity contribution in [3.8, 4) is 11.5 Å². The van der Waals surface area contributed by atoms with Gasteiger partial charge >= 0.3 is 12.2 Å². The van der Waals surface area contributed by atoms with Gasteiger partial charge in [-0.15, -0.1) is 0 Å². The first-order valence-electron chi connectivity index (χ1n) is 9.72. The summed E-state index contributed by atoms with van der Waals surface area (Å²) in [6, 6.07) is 5.19. The van der Waals surface area contributed by atoms with Gasteiger partial charge in [0, 0.05) is 0 Å². The Hall–Kier alpha value is -2.64. The number of benzene rings is 1. The first-order valence-corrected chi connectivity index (χ1v) is 9.72. The molecule has 28 heavy (non-hydrogen) atoms. The van der Waals surface area contributed by atoms with Crippen molar-refractivity contribution in [2.75, 3.05) is 26.9 Å². The van der Waals surface area contributed by atoms with Crippen LogP contribution in [-0.2, 0) is 9.47 Å². The molecule has 0 aliphatic carbocycles. The van der Waals surface area contributed by atoms with E-state index in [2.05, 4.69) is 17.6 Å². The van der Waals surface area contributed by atoms with Crippen LogP contribution in [0.3, 0.4) is 0 Å². The average molecular weight is 396 g/mol. The van der Waals surface area contributed by atoms with E-state index in [1.165, 1.54) is 20.0 Å². The molecule has 158 valence electrons. The standard InChI is InChI=1S/C20H32N2O6/c1-5-8-9-10-13-28-16-12-11-15(14-17(16)25-4)18(21-19(23)26-6-2)22-20(24)27-7-3/h11-12,14,18H,5-10,13H2,1-4H3,(H,21,23)(H,22,24). The second-order valence-electron chi connectivity index (χ2n) is 5.98. The Balaban J connectivity index is 2.89. The number of amides is 2. The Morgan fingerprint density at radius 1 is 0.929 bits per heavy atom. The fourth-order valence-electron chi connectivity index (χ4n) is 2.48. The summed E-state index contributed by atoms with van der Waals surface area (Å²) in [4.78, 5) is 23.7. The van der Waals surface area contributed by atoms with Gasteiger partial charge in [0.15, 0.2) is 11.5 Å². The van der Waals surface area contributed by atoms with Gasteiger partial charge in [-0.2, -0.15) is 0 Å². The first kappa shape index (κ1) is 23.4. The highest BCUT2D eigenvalue weighted by atomic mass is 16.6. The van der Waals surface area contributed by atoms with Gasteiger partial charge in [-0.3, -0.25) is 10.6 Å². The van der Waals surface area contributed by atoms with Crippen LogP contribution in [0.15, 0.2) is 18.2 Å². The lowest BCUT2D eigenvalue weighted by atomic mass is 10.1. The molecule has 1 rings (SSSR count). The topological polar surface area (TPSA) is 95.1 Å². The lowest BCUT2D eigenvalue weighted by molar-refractivity contribution is 0.135. The van der Waals surface area contributed by atoms with Gasteiger partial charge < -0.3 is 18.9 Å². The van der Waals surface area contributed by atoms with Crippen LogP contribution in [-0.4, -0.2) is 39.1 Å². The summed E-state index contributed by atoms with van der Waals surface area (Å²) >= 11 is 0. The molecule has 0 aliphatic rings. The molecule has 8 nitrogen and oxygen atoms in total. The van der Waals surface area contributed by atoms with E-state index in [1.807, 2.05) is 0 Å². The Labute approximate surface area is 166 Å². The maximum Gasteiger partial charge on any atom is 0.409 e. The van der Waals surface area contributed by atoms with Crippen LogP contribution in [0.25, 0.3) is 0 Å². The monoisotopic (exact) mass is 396 g/mol. The lowest BCUT2D eigenvalue weighted by Gasteiger charge is -2.21. The molecule has 0 atom stereocenters. The highest BCUT2D eigenvalue weighted by Gasteiger charge is 2.20. The second-order valence-corrected chi connectivity index (χ2v) is 5.98. The first-order chi connectivity index (χ1) is 13.5. The summed E-state index contributed by atoms with van der Waals surface area (Å²) in [5.41, 5.74) is 0.594. The van der Waals surface area contributed by atoms with Gasteiger partial charge in [-0.25, -0.2) is 9.59 Å². The van der Waals surface area contributed by atoms with Crippen LogP contribution >= 0.6 is 0 Å². The Kier molecular flexibility index (Phi) is 11.3. The molecule has 0 aliphatic heterocycles. The van der Waals surface area contributed by atoms with Gasteiger partial charge in [0.1, 0.15) is 6.17 Å². The maximum atomic E-state index is 11.8. The van der Waals surface area contributed by atoms with E-state index in [1.54, 1.807) is 32.0 Å². The van der Waals surface area contributed by atoms with E-state index in [4.69, 9.17) is 18.9 Å². The van der Waals surface area contributed by atoms with Crippen molar-refractivity contribution in [1.29, 1.82) is 0 Å². The fourth-order valence-corrected chi connectivity index (χ4v) is 2.48. The largest absolute Gasteiger partial charge is 0.493 e. The molecule has 2 amide bonds. The number of nitrogens with one attached hydrogen (secondary N) is 2. The van der Waals surface area contributed by atoms with Gasteiger partial charge in [-0.1, -0.05) is 32.3 Å². The number of carbonyl (C=O) groups excluding carboxylic acids is 2. The number of unbranched alkanes of at least 4 members (excludes halogenated alkanes) is 3. The van der Waals surface area contributed by atoms with Crippen LogP contribution in [0.2, 0.25) is 0 Å². The highest BCUT2D eigenvalue weighted by molar-refractivity contribution is 5.71. The van der Waals surface area contributed by atoms with Crippen LogP contribution in [0.1, 0.15) is 58.2 Å². The van der Waals surface area contributed by atoms with E-state index in [0.717, 1.165) is 12.8 Å². The number of alkyl carbamates (subject to hydrolysis) is 2. The van der Waals surface area contributed by atoms with Crippen LogP contribution < -0.4 is 20.1 Å². The van der Waals surface area contributed by atoms with Crippen LogP contribution in [0.5, 0.6) is 11.5 Å². The molecule has 1 aromatic carbocycles. The molecule has 0 saturated carbocycles. The SMILES string of the molecule is CCCCCCOc1ccc(C(NC(=O)OCC)NC(=O)OCC)cc1OC. The lowest BCUT2D eigenvalue weighted by Crippen LogP contribution is -2.41. The predicted molar refractivity (Wildman–Crippen MR) is 106 cm³/mol. The van der Waals surface area contributed by atoms with Gasteiger partial charge in [0.05, 0.1) is 26.9 Å². The zero-order valence-corrected chi connectivity index (χ0v) is 17.2. The van der Waals surface area contributed by atoms with Crippen LogP contribution in [0.4, 0.5) is 9.59 Å². The molecule has 0 saturated heterocycles. The van der Waals surface area contributed by atoms with Gasteiger partial charge in [0.25, 0.3) is 0 Å². The van der Waals surface area contributed by atoms with E-state index in [9.17, 15) is 9.59 Å². The smallest absolute Gasteiger partial charge is 0.409 e. The Morgan fingerprint density at radius 2 is 1.57 bits per heavy atom. The third kappa shape index (κ3) is 8.37. The van der Waals surface area contributed by atoms with Crippen molar-refractivity contribution in [2.45, 2.75) is 52.6 Å².